The van der Waals surface area contributed by atoms with Crippen molar-refractivity contribution < 1.29 is 14.4 Å². The zero-order valence-electron chi connectivity index (χ0n) is 11.7. The molecule has 0 bridgehead atoms. The van der Waals surface area contributed by atoms with E-state index >= 15 is 0 Å². The predicted molar refractivity (Wildman–Crippen MR) is 79.2 cm³/mol. The highest BCUT2D eigenvalue weighted by molar-refractivity contribution is 6.04. The van der Waals surface area contributed by atoms with Gasteiger partial charge >= 0.3 is 5.97 Å². The van der Waals surface area contributed by atoms with Gasteiger partial charge in [0.05, 0.1) is 5.71 Å². The molecule has 0 amide bonds. The Labute approximate surface area is 123 Å². The van der Waals surface area contributed by atoms with Crippen molar-refractivity contribution in [2.24, 2.45) is 5.16 Å². The van der Waals surface area contributed by atoms with Gasteiger partial charge in [0.25, 0.3) is 0 Å². The maximum Gasteiger partial charge on any atom is 0.331 e. The maximum atomic E-state index is 11.0. The van der Waals surface area contributed by atoms with Crippen LogP contribution < -0.4 is 4.74 Å². The molecule has 0 aliphatic carbocycles. The second kappa shape index (κ2) is 5.79. The first-order valence-corrected chi connectivity index (χ1v) is 6.79. The third-order valence-electron chi connectivity index (χ3n) is 3.30. The summed E-state index contributed by atoms with van der Waals surface area (Å²) < 4.78 is 6.03. The SMILES string of the molecule is CC(=O)O/N=C1\C[C@@H](c2ccccc2)Oc2ccccc21. The monoisotopic (exact) mass is 281 g/mol. The van der Waals surface area contributed by atoms with E-state index in [1.807, 2.05) is 54.6 Å². The molecule has 0 spiro atoms. The van der Waals surface area contributed by atoms with Crippen LogP contribution in [-0.4, -0.2) is 11.7 Å². The lowest BCUT2D eigenvalue weighted by Crippen LogP contribution is -2.21. The zero-order valence-corrected chi connectivity index (χ0v) is 11.7. The van der Waals surface area contributed by atoms with Crippen LogP contribution in [0.15, 0.2) is 59.8 Å². The summed E-state index contributed by atoms with van der Waals surface area (Å²) in [7, 11) is 0. The second-order valence-corrected chi connectivity index (χ2v) is 4.84. The van der Waals surface area contributed by atoms with Gasteiger partial charge in [-0.1, -0.05) is 47.6 Å². The lowest BCUT2D eigenvalue weighted by molar-refractivity contribution is -0.140. The Kier molecular flexibility index (Phi) is 3.69. The third-order valence-corrected chi connectivity index (χ3v) is 3.30. The molecule has 2 aromatic rings. The lowest BCUT2D eigenvalue weighted by atomic mass is 9.96. The van der Waals surface area contributed by atoms with Crippen LogP contribution in [0.4, 0.5) is 0 Å². The lowest BCUT2D eigenvalue weighted by Gasteiger charge is -2.27. The molecule has 0 fully saturated rings. The molecule has 3 rings (SSSR count). The average Bonchev–Trinajstić information content (AvgIpc) is 2.53. The smallest absolute Gasteiger partial charge is 0.331 e. The summed E-state index contributed by atoms with van der Waals surface area (Å²) in [6.45, 7) is 1.34. The van der Waals surface area contributed by atoms with Crippen molar-refractivity contribution in [2.75, 3.05) is 0 Å². The summed E-state index contributed by atoms with van der Waals surface area (Å²) in [5.41, 5.74) is 2.66. The number of rotatable bonds is 2. The number of oxime groups is 1. The minimum atomic E-state index is -0.428. The molecule has 0 unspecified atom stereocenters. The first-order valence-electron chi connectivity index (χ1n) is 6.79. The molecule has 0 saturated heterocycles. The number of hydrogen-bond donors (Lipinski definition) is 0. The van der Waals surface area contributed by atoms with Crippen LogP contribution in [0.3, 0.4) is 0 Å². The summed E-state index contributed by atoms with van der Waals surface area (Å²) in [4.78, 5) is 15.8. The van der Waals surface area contributed by atoms with Crippen LogP contribution in [0, 0.1) is 0 Å². The van der Waals surface area contributed by atoms with Crippen molar-refractivity contribution in [1.29, 1.82) is 0 Å². The molecule has 0 N–H and O–H groups in total. The highest BCUT2D eigenvalue weighted by atomic mass is 16.7. The molecule has 1 aliphatic rings. The van der Waals surface area contributed by atoms with Gasteiger partial charge in [0.2, 0.25) is 0 Å². The molecule has 0 saturated carbocycles. The number of benzene rings is 2. The van der Waals surface area contributed by atoms with E-state index in [-0.39, 0.29) is 6.10 Å². The van der Waals surface area contributed by atoms with E-state index in [0.29, 0.717) is 6.42 Å². The quantitative estimate of drug-likeness (QED) is 0.625. The van der Waals surface area contributed by atoms with Gasteiger partial charge in [0.15, 0.2) is 0 Å². The van der Waals surface area contributed by atoms with Crippen LogP contribution in [0.5, 0.6) is 5.75 Å². The van der Waals surface area contributed by atoms with Gasteiger partial charge in [-0.25, -0.2) is 4.79 Å². The Morgan fingerprint density at radius 2 is 1.86 bits per heavy atom. The van der Waals surface area contributed by atoms with Crippen molar-refractivity contribution in [2.45, 2.75) is 19.4 Å². The molecular formula is C17H15NO3. The summed E-state index contributed by atoms with van der Waals surface area (Å²) in [5, 5.41) is 3.99. The van der Waals surface area contributed by atoms with Crippen molar-refractivity contribution in [3.63, 3.8) is 0 Å². The van der Waals surface area contributed by atoms with Gasteiger partial charge in [-0.15, -0.1) is 0 Å². The fourth-order valence-corrected chi connectivity index (χ4v) is 2.35. The maximum absolute atomic E-state index is 11.0. The number of carbonyl (C=O) groups is 1. The van der Waals surface area contributed by atoms with Crippen LogP contribution >= 0.6 is 0 Å². The first-order chi connectivity index (χ1) is 10.2. The number of para-hydroxylation sites is 1. The van der Waals surface area contributed by atoms with E-state index in [4.69, 9.17) is 9.57 Å². The highest BCUT2D eigenvalue weighted by Gasteiger charge is 2.26. The molecule has 1 atom stereocenters. The molecule has 106 valence electrons. The Morgan fingerprint density at radius 1 is 1.14 bits per heavy atom. The standard InChI is InChI=1S/C17H15NO3/c1-12(19)21-18-15-11-17(13-7-3-2-4-8-13)20-16-10-6-5-9-14(15)16/h2-10,17H,11H2,1H3/b18-15+/t17-/m0/s1. The Hall–Kier alpha value is -2.62. The largest absolute Gasteiger partial charge is 0.485 e. The van der Waals surface area contributed by atoms with Crippen LogP contribution in [0.25, 0.3) is 0 Å². The number of fused-ring (bicyclic) bond motifs is 1. The molecule has 2 aromatic carbocycles. The summed E-state index contributed by atoms with van der Waals surface area (Å²) in [6, 6.07) is 17.6. The Bertz CT molecular complexity index is 679. The van der Waals surface area contributed by atoms with Crippen LogP contribution in [0.2, 0.25) is 0 Å². The molecule has 1 heterocycles. The van der Waals surface area contributed by atoms with E-state index in [9.17, 15) is 4.79 Å². The van der Waals surface area contributed by atoms with Gasteiger partial charge in [-0.2, -0.15) is 0 Å². The van der Waals surface area contributed by atoms with Crippen LogP contribution in [0.1, 0.15) is 30.6 Å². The Balaban J connectivity index is 1.96. The van der Waals surface area contributed by atoms with Crippen molar-refractivity contribution in [3.8, 4) is 5.75 Å². The normalized spacial score (nSPS) is 18.7. The van der Waals surface area contributed by atoms with E-state index in [0.717, 1.165) is 22.6 Å². The molecule has 0 aromatic heterocycles. The minimum absolute atomic E-state index is 0.129. The van der Waals surface area contributed by atoms with E-state index in [1.165, 1.54) is 6.92 Å². The number of ether oxygens (including phenoxy) is 1. The number of nitrogens with zero attached hydrogens (tertiary/aromatic N) is 1. The van der Waals surface area contributed by atoms with Crippen molar-refractivity contribution >= 4 is 11.7 Å². The van der Waals surface area contributed by atoms with E-state index in [1.54, 1.807) is 0 Å². The summed E-state index contributed by atoms with van der Waals surface area (Å²) in [5.74, 6) is 0.325. The third kappa shape index (κ3) is 2.94. The molecule has 4 heteroatoms. The van der Waals surface area contributed by atoms with Gasteiger partial charge in [-0.05, 0) is 17.7 Å². The molecule has 1 aliphatic heterocycles. The van der Waals surface area contributed by atoms with Gasteiger partial charge < -0.3 is 9.57 Å². The van der Waals surface area contributed by atoms with Crippen LogP contribution in [-0.2, 0) is 9.63 Å². The fourth-order valence-electron chi connectivity index (χ4n) is 2.35. The van der Waals surface area contributed by atoms with E-state index in [2.05, 4.69) is 5.16 Å². The zero-order chi connectivity index (χ0) is 14.7. The molecule has 4 nitrogen and oxygen atoms in total. The minimum Gasteiger partial charge on any atom is -0.485 e. The van der Waals surface area contributed by atoms with E-state index < -0.39 is 5.97 Å². The number of hydrogen-bond acceptors (Lipinski definition) is 4. The van der Waals surface area contributed by atoms with Gasteiger partial charge in [-0.3, -0.25) is 0 Å². The average molecular weight is 281 g/mol. The molecular weight excluding hydrogens is 266 g/mol. The summed E-state index contributed by atoms with van der Waals surface area (Å²) >= 11 is 0. The number of carbonyl (C=O) groups excluding carboxylic acids is 1. The topological polar surface area (TPSA) is 47.9 Å². The second-order valence-electron chi connectivity index (χ2n) is 4.84. The fraction of sp³-hybridized carbons (Fsp3) is 0.176. The predicted octanol–water partition coefficient (Wildman–Crippen LogP) is 3.48. The first kappa shape index (κ1) is 13.4. The summed E-state index contributed by atoms with van der Waals surface area (Å²) in [6.07, 6.45) is 0.435. The molecule has 21 heavy (non-hydrogen) atoms. The van der Waals surface area contributed by atoms with Gasteiger partial charge in [0.1, 0.15) is 11.9 Å². The Morgan fingerprint density at radius 3 is 2.62 bits per heavy atom. The highest BCUT2D eigenvalue weighted by Crippen LogP contribution is 2.35. The van der Waals surface area contributed by atoms with Crippen molar-refractivity contribution in [1.82, 2.24) is 0 Å². The van der Waals surface area contributed by atoms with Crippen molar-refractivity contribution in [3.05, 3.63) is 65.7 Å². The van der Waals surface area contributed by atoms with Gasteiger partial charge in [0, 0.05) is 18.9 Å². The molecule has 0 radical (unpaired) electrons.